The van der Waals surface area contributed by atoms with Crippen LogP contribution in [-0.4, -0.2) is 35.8 Å². The summed E-state index contributed by atoms with van der Waals surface area (Å²) < 4.78 is 27.0. The fourth-order valence-electron chi connectivity index (χ4n) is 2.92. The Labute approximate surface area is 156 Å². The van der Waals surface area contributed by atoms with Crippen LogP contribution in [0.4, 0.5) is 13.6 Å². The van der Waals surface area contributed by atoms with E-state index in [0.717, 1.165) is 5.56 Å². The van der Waals surface area contributed by atoms with Crippen LogP contribution >= 0.6 is 0 Å². The lowest BCUT2D eigenvalue weighted by Crippen LogP contribution is -2.43. The number of halogens is 2. The lowest BCUT2D eigenvalue weighted by atomic mass is 10.0. The van der Waals surface area contributed by atoms with Gasteiger partial charge in [-0.2, -0.15) is 0 Å². The zero-order valence-electron chi connectivity index (χ0n) is 15.0. The quantitative estimate of drug-likeness (QED) is 0.840. The monoisotopic (exact) mass is 373 g/mol. The molecule has 5 nitrogen and oxygen atoms in total. The maximum Gasteiger partial charge on any atom is 0.317 e. The summed E-state index contributed by atoms with van der Waals surface area (Å²) in [4.78, 5) is 19.4. The maximum atomic E-state index is 13.9. The average molecular weight is 373 g/mol. The molecule has 0 aliphatic carbocycles. The van der Waals surface area contributed by atoms with Crippen molar-refractivity contribution >= 4 is 11.7 Å². The molecule has 2 aromatic carbocycles. The summed E-state index contributed by atoms with van der Waals surface area (Å²) >= 11 is 0. The highest BCUT2D eigenvalue weighted by atomic mass is 19.1. The molecule has 0 spiro atoms. The van der Waals surface area contributed by atoms with Crippen LogP contribution in [0, 0.1) is 11.6 Å². The molecule has 1 aliphatic rings. The first-order valence-corrected chi connectivity index (χ1v) is 8.81. The van der Waals surface area contributed by atoms with Crippen molar-refractivity contribution in [3.8, 4) is 0 Å². The van der Waals surface area contributed by atoms with Gasteiger partial charge >= 0.3 is 6.03 Å². The molecular formula is C20H21F2N3O2. The van der Waals surface area contributed by atoms with E-state index in [4.69, 9.17) is 4.84 Å². The predicted octanol–water partition coefficient (Wildman–Crippen LogP) is 3.69. The Morgan fingerprint density at radius 2 is 1.96 bits per heavy atom. The van der Waals surface area contributed by atoms with Crippen LogP contribution in [0.2, 0.25) is 0 Å². The highest BCUT2D eigenvalue weighted by molar-refractivity contribution is 6.01. The summed E-state index contributed by atoms with van der Waals surface area (Å²) in [5, 5.41) is 6.76. The molecule has 7 heteroatoms. The van der Waals surface area contributed by atoms with Gasteiger partial charge in [-0.3, -0.25) is 0 Å². The van der Waals surface area contributed by atoms with Gasteiger partial charge in [0.15, 0.2) is 6.10 Å². The number of hydrogen-bond donors (Lipinski definition) is 1. The van der Waals surface area contributed by atoms with Gasteiger partial charge in [-0.1, -0.05) is 35.5 Å². The zero-order valence-corrected chi connectivity index (χ0v) is 15.0. The molecule has 1 aliphatic heterocycles. The van der Waals surface area contributed by atoms with Crippen molar-refractivity contribution in [1.29, 1.82) is 0 Å². The van der Waals surface area contributed by atoms with Crippen LogP contribution in [0.5, 0.6) is 0 Å². The molecule has 1 N–H and O–H groups in total. The summed E-state index contributed by atoms with van der Waals surface area (Å²) in [6, 6.07) is 12.1. The zero-order chi connectivity index (χ0) is 19.2. The molecule has 0 radical (unpaired) electrons. The Hall–Kier alpha value is -2.96. The third-order valence-electron chi connectivity index (χ3n) is 4.24. The molecule has 142 valence electrons. The SMILES string of the molecule is CCNC(=O)N(Cc1ccc(F)cc1)CC1CC(c2ccccc2F)=NO1. The third-order valence-corrected chi connectivity index (χ3v) is 4.24. The van der Waals surface area contributed by atoms with E-state index in [1.807, 2.05) is 6.92 Å². The summed E-state index contributed by atoms with van der Waals surface area (Å²) in [5.41, 5.74) is 1.73. The minimum absolute atomic E-state index is 0.246. The van der Waals surface area contributed by atoms with Crippen LogP contribution < -0.4 is 5.32 Å². The first kappa shape index (κ1) is 18.8. The Bertz CT molecular complexity index is 824. The molecule has 1 heterocycles. The molecule has 0 fully saturated rings. The van der Waals surface area contributed by atoms with Crippen molar-refractivity contribution in [1.82, 2.24) is 10.2 Å². The van der Waals surface area contributed by atoms with Gasteiger partial charge < -0.3 is 15.1 Å². The van der Waals surface area contributed by atoms with Gasteiger partial charge in [0, 0.05) is 25.1 Å². The van der Waals surface area contributed by atoms with Crippen molar-refractivity contribution in [3.05, 3.63) is 71.3 Å². The molecule has 27 heavy (non-hydrogen) atoms. The minimum atomic E-state index is -0.373. The molecular weight excluding hydrogens is 352 g/mol. The Balaban J connectivity index is 1.67. The highest BCUT2D eigenvalue weighted by Gasteiger charge is 2.27. The van der Waals surface area contributed by atoms with Crippen molar-refractivity contribution in [2.24, 2.45) is 5.16 Å². The molecule has 0 aromatic heterocycles. The molecule has 3 rings (SSSR count). The molecule has 1 atom stereocenters. The second-order valence-electron chi connectivity index (χ2n) is 6.29. The van der Waals surface area contributed by atoms with Crippen molar-refractivity contribution in [2.75, 3.05) is 13.1 Å². The van der Waals surface area contributed by atoms with Crippen LogP contribution in [0.1, 0.15) is 24.5 Å². The van der Waals surface area contributed by atoms with Crippen LogP contribution in [-0.2, 0) is 11.4 Å². The standard InChI is InChI=1S/C20H21F2N3O2/c1-2-23-20(26)25(12-14-7-9-15(21)10-8-14)13-16-11-19(24-27-16)17-5-3-4-6-18(17)22/h3-10,16H,2,11-13H2,1H3,(H,23,26). The van der Waals surface area contributed by atoms with Gasteiger partial charge in [0.05, 0.1) is 12.3 Å². The van der Waals surface area contributed by atoms with Crippen molar-refractivity contribution in [2.45, 2.75) is 26.0 Å². The van der Waals surface area contributed by atoms with Crippen molar-refractivity contribution < 1.29 is 18.4 Å². The number of carbonyl (C=O) groups is 1. The first-order valence-electron chi connectivity index (χ1n) is 8.81. The lowest BCUT2D eigenvalue weighted by Gasteiger charge is -2.25. The Morgan fingerprint density at radius 3 is 2.67 bits per heavy atom. The second kappa shape index (κ2) is 8.62. The molecule has 1 unspecified atom stereocenters. The van der Waals surface area contributed by atoms with Gasteiger partial charge in [0.1, 0.15) is 11.6 Å². The van der Waals surface area contributed by atoms with E-state index in [1.165, 1.54) is 18.2 Å². The highest BCUT2D eigenvalue weighted by Crippen LogP contribution is 2.20. The van der Waals surface area contributed by atoms with Crippen LogP contribution in [0.15, 0.2) is 53.7 Å². The first-order chi connectivity index (χ1) is 13.1. The lowest BCUT2D eigenvalue weighted by molar-refractivity contribution is 0.0590. The maximum absolute atomic E-state index is 13.9. The fourth-order valence-corrected chi connectivity index (χ4v) is 2.92. The van der Waals surface area contributed by atoms with E-state index < -0.39 is 0 Å². The minimum Gasteiger partial charge on any atom is -0.390 e. The number of amides is 2. The van der Waals surface area contributed by atoms with Gasteiger partial charge in [-0.15, -0.1) is 0 Å². The van der Waals surface area contributed by atoms with Crippen LogP contribution in [0.3, 0.4) is 0 Å². The average Bonchev–Trinajstić information content (AvgIpc) is 3.12. The third kappa shape index (κ3) is 4.81. The summed E-state index contributed by atoms with van der Waals surface area (Å²) in [7, 11) is 0. The second-order valence-corrected chi connectivity index (χ2v) is 6.29. The van der Waals surface area contributed by atoms with E-state index in [9.17, 15) is 13.6 Å². The Morgan fingerprint density at radius 1 is 1.22 bits per heavy atom. The molecule has 2 aromatic rings. The smallest absolute Gasteiger partial charge is 0.317 e. The number of rotatable bonds is 6. The fraction of sp³-hybridized carbons (Fsp3) is 0.300. The van der Waals surface area contributed by atoms with E-state index in [0.29, 0.717) is 30.8 Å². The molecule has 2 amide bonds. The number of nitrogens with one attached hydrogen (secondary N) is 1. The summed E-state index contributed by atoms with van der Waals surface area (Å²) in [6.07, 6.45) is 0.0305. The van der Waals surface area contributed by atoms with E-state index in [-0.39, 0.29) is 30.3 Å². The predicted molar refractivity (Wildman–Crippen MR) is 98.3 cm³/mol. The van der Waals surface area contributed by atoms with E-state index in [2.05, 4.69) is 10.5 Å². The number of carbonyl (C=O) groups excluding carboxylic acids is 1. The normalized spacial score (nSPS) is 15.8. The molecule has 0 bridgehead atoms. The number of hydrogen-bond acceptors (Lipinski definition) is 3. The van der Waals surface area contributed by atoms with E-state index >= 15 is 0 Å². The topological polar surface area (TPSA) is 53.9 Å². The van der Waals surface area contributed by atoms with Crippen LogP contribution in [0.25, 0.3) is 0 Å². The van der Waals surface area contributed by atoms with Crippen molar-refractivity contribution in [3.63, 3.8) is 0 Å². The molecule has 0 saturated carbocycles. The molecule has 0 saturated heterocycles. The van der Waals surface area contributed by atoms with E-state index in [1.54, 1.807) is 35.2 Å². The van der Waals surface area contributed by atoms with Gasteiger partial charge in [0.2, 0.25) is 0 Å². The largest absolute Gasteiger partial charge is 0.390 e. The summed E-state index contributed by atoms with van der Waals surface area (Å²) in [5.74, 6) is -0.683. The number of urea groups is 1. The number of nitrogens with zero attached hydrogens (tertiary/aromatic N) is 2. The van der Waals surface area contributed by atoms with Gasteiger partial charge in [-0.25, -0.2) is 13.6 Å². The number of oxime groups is 1. The Kier molecular flexibility index (Phi) is 6.01. The van der Waals surface area contributed by atoms with Gasteiger partial charge in [-0.05, 0) is 30.7 Å². The van der Waals surface area contributed by atoms with Gasteiger partial charge in [0.25, 0.3) is 0 Å². The number of benzene rings is 2. The summed E-state index contributed by atoms with van der Waals surface area (Å²) in [6.45, 7) is 2.91.